The van der Waals surface area contributed by atoms with E-state index in [9.17, 15) is 9.59 Å². The minimum absolute atomic E-state index is 0.164. The monoisotopic (exact) mass is 184 g/mol. The van der Waals surface area contributed by atoms with E-state index in [4.69, 9.17) is 10.2 Å². The van der Waals surface area contributed by atoms with Gasteiger partial charge < -0.3 is 14.6 Å². The van der Waals surface area contributed by atoms with Crippen molar-refractivity contribution < 1.29 is 24.2 Å². The van der Waals surface area contributed by atoms with Crippen molar-refractivity contribution in [3.05, 3.63) is 36.8 Å². The highest BCUT2D eigenvalue weighted by Crippen LogP contribution is 2.06. The third-order valence-corrected chi connectivity index (χ3v) is 1.06. The molecular formula is C8H8O5. The Balaban J connectivity index is 0.000000671. The second-order valence-corrected chi connectivity index (χ2v) is 1.81. The molecule has 0 saturated carbocycles. The van der Waals surface area contributed by atoms with Crippen molar-refractivity contribution in [3.63, 3.8) is 0 Å². The van der Waals surface area contributed by atoms with Crippen molar-refractivity contribution in [1.82, 2.24) is 0 Å². The first kappa shape index (κ1) is 11.0. The smallest absolute Gasteiger partial charge is 0.371 e. The van der Waals surface area contributed by atoms with Crippen LogP contribution in [0.15, 0.2) is 29.9 Å². The van der Waals surface area contributed by atoms with Crippen LogP contribution in [-0.4, -0.2) is 22.2 Å². The largest absolute Gasteiger partial charge is 0.478 e. The molecule has 0 fully saturated rings. The Labute approximate surface area is 73.9 Å². The molecule has 0 atom stereocenters. The van der Waals surface area contributed by atoms with Gasteiger partial charge >= 0.3 is 11.9 Å². The molecule has 0 unspecified atom stereocenters. The molecule has 13 heavy (non-hydrogen) atoms. The van der Waals surface area contributed by atoms with E-state index < -0.39 is 11.9 Å². The Morgan fingerprint density at radius 1 is 1.23 bits per heavy atom. The number of carboxylic acid groups (broad SMARTS) is 2. The first-order chi connectivity index (χ1) is 6.11. The maximum atomic E-state index is 10.2. The summed E-state index contributed by atoms with van der Waals surface area (Å²) in [5.41, 5.74) is -0.164. The summed E-state index contributed by atoms with van der Waals surface area (Å²) in [6.45, 7) is 6.00. The van der Waals surface area contributed by atoms with E-state index in [1.165, 1.54) is 0 Å². The van der Waals surface area contributed by atoms with Crippen molar-refractivity contribution in [1.29, 1.82) is 0 Å². The molecule has 5 nitrogen and oxygen atoms in total. The molecule has 0 bridgehead atoms. The number of carbonyl (C=O) groups is 2. The molecule has 70 valence electrons. The fraction of sp³-hybridized carbons (Fsp3) is 0. The minimum atomic E-state index is -1.28. The van der Waals surface area contributed by atoms with Crippen LogP contribution in [0.5, 0.6) is 0 Å². The van der Waals surface area contributed by atoms with E-state index in [-0.39, 0.29) is 11.3 Å². The van der Waals surface area contributed by atoms with Crippen LogP contribution in [-0.2, 0) is 0 Å². The molecule has 1 aromatic heterocycles. The fourth-order valence-electron chi connectivity index (χ4n) is 0.561. The highest BCUT2D eigenvalue weighted by Gasteiger charge is 2.12. The van der Waals surface area contributed by atoms with Crippen molar-refractivity contribution in [2.75, 3.05) is 0 Å². The van der Waals surface area contributed by atoms with Gasteiger partial charge in [0.2, 0.25) is 5.76 Å². The van der Waals surface area contributed by atoms with Gasteiger partial charge in [0.25, 0.3) is 0 Å². The minimum Gasteiger partial charge on any atom is -0.478 e. The standard InChI is InChI=1S/C6H4O5.C2H4/c7-5(8)3-1-4(6(9)10)11-2-3;1-2/h1-2H,(H,7,8)(H,9,10);1-2H2. The molecule has 0 aliphatic rings. The molecule has 2 N–H and O–H groups in total. The van der Waals surface area contributed by atoms with E-state index in [0.717, 1.165) is 12.3 Å². The highest BCUT2D eigenvalue weighted by atomic mass is 16.4. The number of hydrogen-bond donors (Lipinski definition) is 2. The van der Waals surface area contributed by atoms with Crippen molar-refractivity contribution in [2.24, 2.45) is 0 Å². The van der Waals surface area contributed by atoms with Crippen molar-refractivity contribution in [3.8, 4) is 0 Å². The topological polar surface area (TPSA) is 87.7 Å². The lowest BCUT2D eigenvalue weighted by atomic mass is 10.3. The summed E-state index contributed by atoms with van der Waals surface area (Å²) in [7, 11) is 0. The van der Waals surface area contributed by atoms with Crippen molar-refractivity contribution in [2.45, 2.75) is 0 Å². The van der Waals surface area contributed by atoms with Gasteiger partial charge in [-0.25, -0.2) is 9.59 Å². The number of furan rings is 1. The number of hydrogen-bond acceptors (Lipinski definition) is 3. The number of aromatic carboxylic acids is 2. The van der Waals surface area contributed by atoms with Gasteiger partial charge in [-0.1, -0.05) is 0 Å². The van der Waals surface area contributed by atoms with Crippen LogP contribution >= 0.6 is 0 Å². The Kier molecular flexibility index (Phi) is 4.01. The molecule has 1 rings (SSSR count). The van der Waals surface area contributed by atoms with Gasteiger partial charge in [0.05, 0.1) is 5.56 Å². The summed E-state index contributed by atoms with van der Waals surface area (Å²) in [5, 5.41) is 16.6. The zero-order valence-corrected chi connectivity index (χ0v) is 6.69. The fourth-order valence-corrected chi connectivity index (χ4v) is 0.561. The van der Waals surface area contributed by atoms with Gasteiger partial charge in [-0.15, -0.1) is 13.2 Å². The first-order valence-electron chi connectivity index (χ1n) is 3.16. The molecule has 0 aliphatic carbocycles. The third-order valence-electron chi connectivity index (χ3n) is 1.06. The Morgan fingerprint density at radius 2 is 1.77 bits per heavy atom. The molecule has 1 heterocycles. The van der Waals surface area contributed by atoms with Gasteiger partial charge in [-0.05, 0) is 0 Å². The maximum Gasteiger partial charge on any atom is 0.371 e. The lowest BCUT2D eigenvalue weighted by Gasteiger charge is -1.80. The molecule has 0 radical (unpaired) electrons. The van der Waals surface area contributed by atoms with Crippen LogP contribution in [0.25, 0.3) is 0 Å². The van der Waals surface area contributed by atoms with Gasteiger partial charge in [-0.2, -0.15) is 0 Å². The van der Waals surface area contributed by atoms with Crippen LogP contribution in [0.4, 0.5) is 0 Å². The second kappa shape index (κ2) is 4.76. The van der Waals surface area contributed by atoms with E-state index in [2.05, 4.69) is 17.6 Å². The lowest BCUT2D eigenvalue weighted by Crippen LogP contribution is -1.94. The molecule has 0 saturated heterocycles. The van der Waals surface area contributed by atoms with E-state index in [0.29, 0.717) is 0 Å². The van der Waals surface area contributed by atoms with Crippen LogP contribution in [0.1, 0.15) is 20.9 Å². The van der Waals surface area contributed by atoms with Crippen LogP contribution < -0.4 is 0 Å². The molecule has 0 spiro atoms. The summed E-state index contributed by atoms with van der Waals surface area (Å²) in [6, 6.07) is 0.949. The molecule has 1 aromatic rings. The average Bonchev–Trinajstić information content (AvgIpc) is 2.56. The van der Waals surface area contributed by atoms with Gasteiger partial charge in [0, 0.05) is 6.07 Å². The van der Waals surface area contributed by atoms with Crippen LogP contribution in [0, 0.1) is 0 Å². The summed E-state index contributed by atoms with van der Waals surface area (Å²) in [4.78, 5) is 20.3. The predicted molar refractivity (Wildman–Crippen MR) is 43.9 cm³/mol. The maximum absolute atomic E-state index is 10.2. The predicted octanol–water partition coefficient (Wildman–Crippen LogP) is 1.48. The first-order valence-corrected chi connectivity index (χ1v) is 3.16. The third kappa shape index (κ3) is 2.82. The second-order valence-electron chi connectivity index (χ2n) is 1.81. The Hall–Kier alpha value is -2.04. The van der Waals surface area contributed by atoms with E-state index >= 15 is 0 Å². The Morgan fingerprint density at radius 3 is 2.00 bits per heavy atom. The van der Waals surface area contributed by atoms with Crippen LogP contribution in [0.3, 0.4) is 0 Å². The molecule has 0 aromatic carbocycles. The lowest BCUT2D eigenvalue weighted by molar-refractivity contribution is 0.0659. The highest BCUT2D eigenvalue weighted by molar-refractivity contribution is 5.91. The zero-order valence-electron chi connectivity index (χ0n) is 6.69. The SMILES string of the molecule is C=C.O=C(O)c1coc(C(=O)O)c1. The summed E-state index contributed by atoms with van der Waals surface area (Å²) in [5.74, 6) is -2.86. The van der Waals surface area contributed by atoms with E-state index in [1.54, 1.807) is 0 Å². The molecule has 0 aliphatic heterocycles. The molecule has 0 amide bonds. The van der Waals surface area contributed by atoms with Crippen molar-refractivity contribution >= 4 is 11.9 Å². The normalized spacial score (nSPS) is 8.31. The van der Waals surface area contributed by atoms with Gasteiger partial charge in [-0.3, -0.25) is 0 Å². The molecule has 5 heteroatoms. The Bertz CT molecular complexity index is 284. The van der Waals surface area contributed by atoms with Crippen LogP contribution in [0.2, 0.25) is 0 Å². The number of rotatable bonds is 2. The average molecular weight is 184 g/mol. The summed E-state index contributed by atoms with van der Waals surface area (Å²) >= 11 is 0. The number of carboxylic acids is 2. The van der Waals surface area contributed by atoms with Gasteiger partial charge in [0.15, 0.2) is 0 Å². The summed E-state index contributed by atoms with van der Waals surface area (Å²) < 4.78 is 4.41. The zero-order chi connectivity index (χ0) is 10.4. The molecular weight excluding hydrogens is 176 g/mol. The van der Waals surface area contributed by atoms with Gasteiger partial charge in [0.1, 0.15) is 6.26 Å². The summed E-state index contributed by atoms with van der Waals surface area (Å²) in [6.07, 6.45) is 0.881. The quantitative estimate of drug-likeness (QED) is 0.679. The van der Waals surface area contributed by atoms with E-state index in [1.807, 2.05) is 0 Å².